The van der Waals surface area contributed by atoms with Crippen LogP contribution in [0.5, 0.6) is 0 Å². The molecule has 0 spiro atoms. The molecule has 10 heteroatoms. The highest BCUT2D eigenvalue weighted by atomic mass is 32.2. The minimum atomic E-state index is -3.51. The monoisotopic (exact) mass is 460 g/mol. The summed E-state index contributed by atoms with van der Waals surface area (Å²) in [6.07, 6.45) is 1.75. The molecule has 1 aliphatic rings. The number of rotatable bonds is 3. The summed E-state index contributed by atoms with van der Waals surface area (Å²) < 4.78 is 29.6. The smallest absolute Gasteiger partial charge is 0.257 e. The molecule has 1 aromatic heterocycles. The van der Waals surface area contributed by atoms with E-state index in [0.29, 0.717) is 23.5 Å². The van der Waals surface area contributed by atoms with Crippen molar-refractivity contribution >= 4 is 54.8 Å². The average Bonchev–Trinajstić information content (AvgIpc) is 3.38. The summed E-state index contributed by atoms with van der Waals surface area (Å²) in [5.74, 6) is -0.433. The van der Waals surface area contributed by atoms with E-state index in [1.807, 2.05) is 35.9 Å². The number of aromatic nitrogens is 1. The van der Waals surface area contributed by atoms with Gasteiger partial charge < -0.3 is 4.57 Å². The van der Waals surface area contributed by atoms with Crippen molar-refractivity contribution in [1.29, 1.82) is 0 Å². The quantitative estimate of drug-likeness (QED) is 0.609. The van der Waals surface area contributed by atoms with Crippen LogP contribution in [-0.4, -0.2) is 41.4 Å². The molecule has 7 nitrogen and oxygen atoms in total. The Bertz CT molecular complexity index is 1280. The van der Waals surface area contributed by atoms with Crippen molar-refractivity contribution < 1.29 is 13.2 Å². The maximum absolute atomic E-state index is 12.6. The molecule has 1 saturated heterocycles. The molecular formula is C20H20N4O3S3. The van der Waals surface area contributed by atoms with Gasteiger partial charge >= 0.3 is 0 Å². The third-order valence-corrected chi connectivity index (χ3v) is 8.17. The minimum absolute atomic E-state index is 0.0518. The molecule has 0 aliphatic carbocycles. The number of hydrogen-bond donors (Lipinski definition) is 1. The molecule has 0 bridgehead atoms. The first-order valence-corrected chi connectivity index (χ1v) is 12.1. The normalized spacial score (nSPS) is 15.6. The molecule has 0 atom stereocenters. The largest absolute Gasteiger partial charge is 0.319 e. The summed E-state index contributed by atoms with van der Waals surface area (Å²) in [5.41, 5.74) is 1.35. The van der Waals surface area contributed by atoms with Crippen LogP contribution in [0.1, 0.15) is 23.2 Å². The third-order valence-electron chi connectivity index (χ3n) is 4.95. The second-order valence-corrected chi connectivity index (χ2v) is 10.3. The van der Waals surface area contributed by atoms with E-state index in [0.717, 1.165) is 23.1 Å². The minimum Gasteiger partial charge on any atom is -0.319 e. The first-order valence-electron chi connectivity index (χ1n) is 9.41. The number of para-hydroxylation sites is 1. The summed E-state index contributed by atoms with van der Waals surface area (Å²) in [4.78, 5) is 17.7. The number of aryl methyl sites for hydroxylation is 1. The Labute approximate surface area is 183 Å². The molecule has 2 aromatic carbocycles. The van der Waals surface area contributed by atoms with Gasteiger partial charge in [-0.2, -0.15) is 9.30 Å². The van der Waals surface area contributed by atoms with Crippen LogP contribution in [0.3, 0.4) is 0 Å². The van der Waals surface area contributed by atoms with Gasteiger partial charge in [0, 0.05) is 25.7 Å². The number of nitrogens with zero attached hydrogens (tertiary/aromatic N) is 3. The summed E-state index contributed by atoms with van der Waals surface area (Å²) >= 11 is 6.70. The van der Waals surface area contributed by atoms with E-state index in [-0.39, 0.29) is 10.0 Å². The van der Waals surface area contributed by atoms with Crippen LogP contribution in [-0.2, 0) is 17.1 Å². The topological polar surface area (TPSA) is 83.8 Å². The average molecular weight is 461 g/mol. The summed E-state index contributed by atoms with van der Waals surface area (Å²) in [6, 6.07) is 13.8. The van der Waals surface area contributed by atoms with Gasteiger partial charge in [0.25, 0.3) is 5.91 Å². The van der Waals surface area contributed by atoms with Crippen LogP contribution in [0.15, 0.2) is 58.4 Å². The van der Waals surface area contributed by atoms with Crippen molar-refractivity contribution in [3.63, 3.8) is 0 Å². The van der Waals surface area contributed by atoms with Gasteiger partial charge in [-0.1, -0.05) is 23.5 Å². The highest BCUT2D eigenvalue weighted by Gasteiger charge is 2.27. The number of nitrogens with one attached hydrogen (secondary N) is 1. The lowest BCUT2D eigenvalue weighted by molar-refractivity contribution is 0.0977. The van der Waals surface area contributed by atoms with Crippen LogP contribution in [0.4, 0.5) is 0 Å². The van der Waals surface area contributed by atoms with Gasteiger partial charge in [0.05, 0.1) is 15.1 Å². The van der Waals surface area contributed by atoms with Gasteiger partial charge in [0.15, 0.2) is 4.80 Å². The predicted molar refractivity (Wildman–Crippen MR) is 121 cm³/mol. The summed E-state index contributed by atoms with van der Waals surface area (Å²) in [7, 11) is -1.62. The van der Waals surface area contributed by atoms with Crippen molar-refractivity contribution in [2.45, 2.75) is 17.7 Å². The zero-order valence-corrected chi connectivity index (χ0v) is 18.7. The fraction of sp³-hybridized carbons (Fsp3) is 0.250. The molecule has 1 amide bonds. The second-order valence-electron chi connectivity index (χ2n) is 6.92. The number of amides is 1. The molecule has 0 radical (unpaired) electrons. The summed E-state index contributed by atoms with van der Waals surface area (Å²) in [6.45, 7) is 1.07. The van der Waals surface area contributed by atoms with Gasteiger partial charge in [-0.05, 0) is 61.5 Å². The molecule has 3 aromatic rings. The number of benzene rings is 2. The van der Waals surface area contributed by atoms with Gasteiger partial charge in [-0.15, -0.1) is 0 Å². The highest BCUT2D eigenvalue weighted by Crippen LogP contribution is 2.21. The SMILES string of the molecule is Cn1/c(=N\C(=S)NC(=O)c2ccc(S(=O)(=O)N3CCCC3)cc2)sc2ccccc21. The zero-order valence-electron chi connectivity index (χ0n) is 16.2. The van der Waals surface area contributed by atoms with Crippen molar-refractivity contribution in [2.24, 2.45) is 12.0 Å². The molecule has 4 rings (SSSR count). The number of hydrogen-bond acceptors (Lipinski definition) is 5. The Kier molecular flexibility index (Phi) is 5.83. The Morgan fingerprint density at radius 2 is 1.77 bits per heavy atom. The first-order chi connectivity index (χ1) is 14.4. The lowest BCUT2D eigenvalue weighted by Crippen LogP contribution is -2.30. The number of thiocarbonyl (C=S) groups is 1. The molecule has 1 fully saturated rings. The summed E-state index contributed by atoms with van der Waals surface area (Å²) in [5, 5.41) is 2.64. The van der Waals surface area contributed by atoms with Gasteiger partial charge in [0.2, 0.25) is 15.1 Å². The first kappa shape index (κ1) is 20.9. The number of thiazole rings is 1. The van der Waals surface area contributed by atoms with E-state index in [9.17, 15) is 13.2 Å². The fourth-order valence-electron chi connectivity index (χ4n) is 3.33. The van der Waals surface area contributed by atoms with Crippen LogP contribution in [0.25, 0.3) is 10.2 Å². The Morgan fingerprint density at radius 3 is 2.43 bits per heavy atom. The van der Waals surface area contributed by atoms with Crippen LogP contribution < -0.4 is 10.1 Å². The van der Waals surface area contributed by atoms with Crippen molar-refractivity contribution in [3.05, 3.63) is 58.9 Å². The van der Waals surface area contributed by atoms with Crippen molar-refractivity contribution in [3.8, 4) is 0 Å². The second kappa shape index (κ2) is 8.38. The number of carbonyl (C=O) groups is 1. The molecule has 2 heterocycles. The van der Waals surface area contributed by atoms with Crippen LogP contribution in [0.2, 0.25) is 0 Å². The highest BCUT2D eigenvalue weighted by molar-refractivity contribution is 7.89. The van der Waals surface area contributed by atoms with E-state index >= 15 is 0 Å². The molecule has 1 aliphatic heterocycles. The van der Waals surface area contributed by atoms with Crippen molar-refractivity contribution in [1.82, 2.24) is 14.2 Å². The fourth-order valence-corrected chi connectivity index (χ4v) is 6.11. The molecule has 30 heavy (non-hydrogen) atoms. The van der Waals surface area contributed by atoms with Crippen LogP contribution in [0, 0.1) is 0 Å². The van der Waals surface area contributed by atoms with E-state index in [1.54, 1.807) is 0 Å². The third kappa shape index (κ3) is 4.08. The molecule has 0 unspecified atom stereocenters. The van der Waals surface area contributed by atoms with Gasteiger partial charge in [-0.3, -0.25) is 10.1 Å². The lowest BCUT2D eigenvalue weighted by atomic mass is 10.2. The number of carbonyl (C=O) groups excluding carboxylic acids is 1. The Morgan fingerprint density at radius 1 is 1.10 bits per heavy atom. The number of fused-ring (bicyclic) bond motifs is 1. The zero-order chi connectivity index (χ0) is 21.3. The lowest BCUT2D eigenvalue weighted by Gasteiger charge is -2.15. The van der Waals surface area contributed by atoms with E-state index < -0.39 is 15.9 Å². The van der Waals surface area contributed by atoms with E-state index in [2.05, 4.69) is 10.3 Å². The van der Waals surface area contributed by atoms with Crippen molar-refractivity contribution in [2.75, 3.05) is 13.1 Å². The molecule has 1 N–H and O–H groups in total. The van der Waals surface area contributed by atoms with E-state index in [1.165, 1.54) is 39.9 Å². The van der Waals surface area contributed by atoms with Gasteiger partial charge in [-0.25, -0.2) is 8.42 Å². The molecule has 156 valence electrons. The predicted octanol–water partition coefficient (Wildman–Crippen LogP) is 2.64. The van der Waals surface area contributed by atoms with Gasteiger partial charge in [0.1, 0.15) is 0 Å². The maximum atomic E-state index is 12.6. The van der Waals surface area contributed by atoms with E-state index in [4.69, 9.17) is 12.2 Å². The Hall–Kier alpha value is -2.40. The van der Waals surface area contributed by atoms with Crippen LogP contribution >= 0.6 is 23.6 Å². The maximum Gasteiger partial charge on any atom is 0.257 e. The Balaban J connectivity index is 1.49. The molecular weight excluding hydrogens is 440 g/mol. The number of sulfonamides is 1. The standard InChI is InChI=1S/C20H20N4O3S3/c1-23-16-6-2-3-7-17(16)29-20(23)22-19(28)21-18(25)14-8-10-15(11-9-14)30(26,27)24-12-4-5-13-24/h2-3,6-11H,4-5,12-13H2,1H3,(H,21,25,28)/b22-20+. The molecule has 0 saturated carbocycles.